The van der Waals surface area contributed by atoms with Gasteiger partial charge in [0.05, 0.1) is 18.1 Å². The Morgan fingerprint density at radius 1 is 1.18 bits per heavy atom. The summed E-state index contributed by atoms with van der Waals surface area (Å²) in [5, 5.41) is 0. The highest BCUT2D eigenvalue weighted by Gasteiger charge is 2.28. The van der Waals surface area contributed by atoms with Gasteiger partial charge in [-0.25, -0.2) is 8.42 Å². The van der Waals surface area contributed by atoms with Crippen molar-refractivity contribution in [2.45, 2.75) is 4.90 Å². The van der Waals surface area contributed by atoms with Gasteiger partial charge in [-0.2, -0.15) is 4.31 Å². The Balaban J connectivity index is 2.40. The van der Waals surface area contributed by atoms with Crippen molar-refractivity contribution in [3.63, 3.8) is 0 Å². The number of ether oxygens (including phenoxy) is 1. The van der Waals surface area contributed by atoms with Crippen LogP contribution in [0.3, 0.4) is 0 Å². The Morgan fingerprint density at radius 3 is 2.47 bits per heavy atom. The lowest BCUT2D eigenvalue weighted by Gasteiger charge is -2.26. The fourth-order valence-electron chi connectivity index (χ4n) is 1.60. The van der Waals surface area contributed by atoms with E-state index in [-0.39, 0.29) is 4.90 Å². The zero-order valence-electron chi connectivity index (χ0n) is 8.90. The van der Waals surface area contributed by atoms with E-state index in [1.54, 1.807) is 18.2 Å². The summed E-state index contributed by atoms with van der Waals surface area (Å²) >= 11 is 6.56. The van der Waals surface area contributed by atoms with Crippen molar-refractivity contribution >= 4 is 41.9 Å². The maximum absolute atomic E-state index is 12.4. The number of benzene rings is 1. The summed E-state index contributed by atoms with van der Waals surface area (Å²) in [5.41, 5.74) is 0. The van der Waals surface area contributed by atoms with Gasteiger partial charge in [0.25, 0.3) is 0 Å². The molecule has 94 valence electrons. The zero-order valence-corrected chi connectivity index (χ0v) is 12.9. The Labute approximate surface area is 117 Å². The highest BCUT2D eigenvalue weighted by Crippen LogP contribution is 2.28. The van der Waals surface area contributed by atoms with Gasteiger partial charge in [0.1, 0.15) is 0 Å². The Morgan fingerprint density at radius 2 is 1.82 bits per heavy atom. The monoisotopic (exact) mass is 383 g/mol. The van der Waals surface area contributed by atoms with E-state index in [0.717, 1.165) is 4.47 Å². The predicted octanol–water partition coefficient (Wildman–Crippen LogP) is 2.23. The number of morpholine rings is 1. The van der Waals surface area contributed by atoms with E-state index in [2.05, 4.69) is 31.9 Å². The third kappa shape index (κ3) is 2.90. The SMILES string of the molecule is O=S(=O)(c1cc(Br)ccc1Br)N1CCOCC1. The van der Waals surface area contributed by atoms with Gasteiger partial charge >= 0.3 is 0 Å². The van der Waals surface area contributed by atoms with Crippen LogP contribution in [0.15, 0.2) is 32.0 Å². The average Bonchev–Trinajstić information content (AvgIpc) is 2.33. The topological polar surface area (TPSA) is 46.6 Å². The molecule has 1 heterocycles. The lowest BCUT2D eigenvalue weighted by atomic mass is 10.4. The second kappa shape index (κ2) is 5.36. The lowest BCUT2D eigenvalue weighted by Crippen LogP contribution is -2.40. The Kier molecular flexibility index (Phi) is 4.25. The smallest absolute Gasteiger partial charge is 0.244 e. The maximum Gasteiger partial charge on any atom is 0.244 e. The number of sulfonamides is 1. The number of halogens is 2. The van der Waals surface area contributed by atoms with Crippen LogP contribution < -0.4 is 0 Å². The van der Waals surface area contributed by atoms with Crippen molar-refractivity contribution in [3.05, 3.63) is 27.1 Å². The molecular weight excluding hydrogens is 374 g/mol. The van der Waals surface area contributed by atoms with Crippen LogP contribution in [-0.4, -0.2) is 39.0 Å². The number of rotatable bonds is 2. The van der Waals surface area contributed by atoms with Crippen LogP contribution in [0.1, 0.15) is 0 Å². The average molecular weight is 385 g/mol. The van der Waals surface area contributed by atoms with Gasteiger partial charge in [-0.15, -0.1) is 0 Å². The molecule has 2 rings (SSSR count). The lowest BCUT2D eigenvalue weighted by molar-refractivity contribution is 0.0730. The third-order valence-electron chi connectivity index (χ3n) is 2.48. The summed E-state index contributed by atoms with van der Waals surface area (Å²) in [6.45, 7) is 1.71. The quantitative estimate of drug-likeness (QED) is 0.785. The van der Waals surface area contributed by atoms with Crippen LogP contribution in [0, 0.1) is 0 Å². The highest BCUT2D eigenvalue weighted by atomic mass is 79.9. The molecule has 0 aromatic heterocycles. The Hall–Kier alpha value is 0.0500. The second-order valence-electron chi connectivity index (χ2n) is 3.59. The fraction of sp³-hybridized carbons (Fsp3) is 0.400. The number of hydrogen-bond donors (Lipinski definition) is 0. The zero-order chi connectivity index (χ0) is 12.5. The molecule has 1 aromatic rings. The van der Waals surface area contributed by atoms with Crippen LogP contribution in [0.4, 0.5) is 0 Å². The largest absolute Gasteiger partial charge is 0.379 e. The summed E-state index contributed by atoms with van der Waals surface area (Å²) in [6, 6.07) is 5.12. The van der Waals surface area contributed by atoms with Crippen LogP contribution in [0.5, 0.6) is 0 Å². The van der Waals surface area contributed by atoms with E-state index in [0.29, 0.717) is 30.8 Å². The third-order valence-corrected chi connectivity index (χ3v) is 5.87. The van der Waals surface area contributed by atoms with Gasteiger partial charge in [0, 0.05) is 22.0 Å². The second-order valence-corrected chi connectivity index (χ2v) is 7.27. The fourth-order valence-corrected chi connectivity index (χ4v) is 4.47. The number of nitrogens with zero attached hydrogens (tertiary/aromatic N) is 1. The molecule has 0 atom stereocenters. The maximum atomic E-state index is 12.4. The molecular formula is C10H11Br2NO3S. The van der Waals surface area contributed by atoms with E-state index in [1.807, 2.05) is 0 Å². The molecule has 0 amide bonds. The van der Waals surface area contributed by atoms with Crippen LogP contribution in [-0.2, 0) is 14.8 Å². The van der Waals surface area contributed by atoms with Gasteiger partial charge < -0.3 is 4.74 Å². The summed E-state index contributed by atoms with van der Waals surface area (Å²) in [4.78, 5) is 0.286. The minimum atomic E-state index is -3.44. The van der Waals surface area contributed by atoms with Gasteiger partial charge in [0.2, 0.25) is 10.0 Å². The molecule has 0 aliphatic carbocycles. The first-order chi connectivity index (χ1) is 8.01. The highest BCUT2D eigenvalue weighted by molar-refractivity contribution is 9.11. The molecule has 4 nitrogen and oxygen atoms in total. The van der Waals surface area contributed by atoms with Crippen molar-refractivity contribution in [3.8, 4) is 0 Å². The standard InChI is InChI=1S/C10H11Br2NO3S/c11-8-1-2-9(12)10(7-8)17(14,15)13-3-5-16-6-4-13/h1-2,7H,3-6H2. The van der Waals surface area contributed by atoms with Crippen LogP contribution >= 0.6 is 31.9 Å². The Bertz CT molecular complexity index is 512. The minimum absolute atomic E-state index is 0.286. The van der Waals surface area contributed by atoms with Gasteiger partial charge in [0.15, 0.2) is 0 Å². The van der Waals surface area contributed by atoms with Gasteiger partial charge in [-0.05, 0) is 34.1 Å². The number of hydrogen-bond acceptors (Lipinski definition) is 3. The van der Waals surface area contributed by atoms with Crippen molar-refractivity contribution in [2.24, 2.45) is 0 Å². The van der Waals surface area contributed by atoms with E-state index in [1.165, 1.54) is 4.31 Å². The summed E-state index contributed by atoms with van der Waals surface area (Å²) < 4.78 is 32.7. The molecule has 0 unspecified atom stereocenters. The summed E-state index contributed by atoms with van der Waals surface area (Å²) in [7, 11) is -3.44. The molecule has 0 saturated carbocycles. The first-order valence-electron chi connectivity index (χ1n) is 5.05. The van der Waals surface area contributed by atoms with Crippen molar-refractivity contribution < 1.29 is 13.2 Å². The minimum Gasteiger partial charge on any atom is -0.379 e. The molecule has 7 heteroatoms. The van der Waals surface area contributed by atoms with Crippen LogP contribution in [0.25, 0.3) is 0 Å². The molecule has 0 spiro atoms. The first-order valence-corrected chi connectivity index (χ1v) is 8.07. The molecule has 1 fully saturated rings. The van der Waals surface area contributed by atoms with E-state index in [4.69, 9.17) is 4.74 Å². The predicted molar refractivity (Wildman–Crippen MR) is 71.4 cm³/mol. The van der Waals surface area contributed by atoms with E-state index < -0.39 is 10.0 Å². The van der Waals surface area contributed by atoms with Crippen molar-refractivity contribution in [1.29, 1.82) is 0 Å². The van der Waals surface area contributed by atoms with Gasteiger partial charge in [-0.3, -0.25) is 0 Å². The van der Waals surface area contributed by atoms with Crippen LogP contribution in [0.2, 0.25) is 0 Å². The van der Waals surface area contributed by atoms with E-state index >= 15 is 0 Å². The molecule has 0 bridgehead atoms. The van der Waals surface area contributed by atoms with Crippen molar-refractivity contribution in [2.75, 3.05) is 26.3 Å². The summed E-state index contributed by atoms with van der Waals surface area (Å²) in [5.74, 6) is 0. The van der Waals surface area contributed by atoms with Crippen molar-refractivity contribution in [1.82, 2.24) is 4.31 Å². The molecule has 17 heavy (non-hydrogen) atoms. The molecule has 1 aromatic carbocycles. The van der Waals surface area contributed by atoms with E-state index in [9.17, 15) is 8.42 Å². The molecule has 0 radical (unpaired) electrons. The first kappa shape index (κ1) is 13.5. The molecule has 1 aliphatic rings. The summed E-state index contributed by atoms with van der Waals surface area (Å²) in [6.07, 6.45) is 0. The molecule has 1 aliphatic heterocycles. The normalized spacial score (nSPS) is 18.2. The van der Waals surface area contributed by atoms with Gasteiger partial charge in [-0.1, -0.05) is 15.9 Å². The molecule has 0 N–H and O–H groups in total. The molecule has 1 saturated heterocycles.